The summed E-state index contributed by atoms with van der Waals surface area (Å²) < 4.78 is 33.2. The first-order valence-electron chi connectivity index (χ1n) is 9.87. The highest BCUT2D eigenvalue weighted by Crippen LogP contribution is 2.43. The number of carbonyl (C=O) groups is 1. The molecule has 5 rings (SSSR count). The van der Waals surface area contributed by atoms with E-state index in [0.717, 1.165) is 31.4 Å². The summed E-state index contributed by atoms with van der Waals surface area (Å²) in [6, 6.07) is 7.30. The number of nitrogens with zero attached hydrogens (tertiary/aromatic N) is 3. The third-order valence-corrected chi connectivity index (χ3v) is 7.69. The summed E-state index contributed by atoms with van der Waals surface area (Å²) in [5.41, 5.74) is 2.34. The number of hydrogen-bond donors (Lipinski definition) is 0. The van der Waals surface area contributed by atoms with E-state index in [2.05, 4.69) is 0 Å². The number of rotatable bonds is 2. The van der Waals surface area contributed by atoms with E-state index in [-0.39, 0.29) is 17.7 Å². The van der Waals surface area contributed by atoms with Gasteiger partial charge in [0.05, 0.1) is 35.6 Å². The minimum Gasteiger partial charge on any atom is -0.378 e. The first kappa shape index (κ1) is 17.9. The Kier molecular flexibility index (Phi) is 4.28. The highest BCUT2D eigenvalue weighted by atomic mass is 32.2. The van der Waals surface area contributed by atoms with Crippen LogP contribution in [0.1, 0.15) is 47.8 Å². The quantitative estimate of drug-likeness (QED) is 0.772. The smallest absolute Gasteiger partial charge is 0.274 e. The van der Waals surface area contributed by atoms with Crippen LogP contribution in [0.25, 0.3) is 11.3 Å². The second-order valence-electron chi connectivity index (χ2n) is 7.72. The molecule has 1 aromatic carbocycles. The summed E-state index contributed by atoms with van der Waals surface area (Å²) in [6.07, 6.45) is 4.28. The van der Waals surface area contributed by atoms with E-state index in [0.29, 0.717) is 48.0 Å². The van der Waals surface area contributed by atoms with E-state index in [1.165, 1.54) is 0 Å². The van der Waals surface area contributed by atoms with Gasteiger partial charge in [-0.1, -0.05) is 31.0 Å². The molecule has 1 saturated heterocycles. The van der Waals surface area contributed by atoms with Gasteiger partial charge in [0.15, 0.2) is 15.5 Å². The van der Waals surface area contributed by atoms with Crippen LogP contribution < -0.4 is 0 Å². The van der Waals surface area contributed by atoms with E-state index < -0.39 is 9.84 Å². The van der Waals surface area contributed by atoms with Crippen molar-refractivity contribution in [1.29, 1.82) is 0 Å². The van der Waals surface area contributed by atoms with Gasteiger partial charge in [-0.2, -0.15) is 5.10 Å². The molecule has 3 heterocycles. The maximum atomic E-state index is 13.2. The molecule has 8 heteroatoms. The number of ether oxygens (including phenoxy) is 1. The van der Waals surface area contributed by atoms with Crippen LogP contribution in [0.3, 0.4) is 0 Å². The number of carbonyl (C=O) groups excluding carboxylic acids is 1. The van der Waals surface area contributed by atoms with Crippen molar-refractivity contribution < 1.29 is 17.9 Å². The zero-order chi connectivity index (χ0) is 19.3. The van der Waals surface area contributed by atoms with Gasteiger partial charge in [0.2, 0.25) is 0 Å². The van der Waals surface area contributed by atoms with Crippen molar-refractivity contribution in [1.82, 2.24) is 14.7 Å². The number of benzene rings is 1. The number of amides is 1. The number of fused-ring (bicyclic) bond motifs is 3. The van der Waals surface area contributed by atoms with Gasteiger partial charge in [-0.25, -0.2) is 8.42 Å². The minimum absolute atomic E-state index is 0.169. The molecule has 3 aliphatic rings. The fraction of sp³-hybridized carbons (Fsp3) is 0.500. The molecule has 28 heavy (non-hydrogen) atoms. The van der Waals surface area contributed by atoms with E-state index in [9.17, 15) is 13.2 Å². The van der Waals surface area contributed by atoms with Crippen LogP contribution >= 0.6 is 0 Å². The van der Waals surface area contributed by atoms with Crippen LogP contribution in [0.15, 0.2) is 29.2 Å². The lowest BCUT2D eigenvalue weighted by molar-refractivity contribution is 0.0297. The fourth-order valence-corrected chi connectivity index (χ4v) is 6.19. The Morgan fingerprint density at radius 3 is 2.57 bits per heavy atom. The predicted octanol–water partition coefficient (Wildman–Crippen LogP) is 2.42. The monoisotopic (exact) mass is 401 g/mol. The standard InChI is InChI=1S/C20H23N3O4S/c24-20(22-9-11-27-12-10-22)18-16-13-28(25,26)17-8-4-3-7-15(17)19(16)23(21-18)14-5-1-2-6-14/h3-4,7-8,14H,1-2,5-6,9-13H2. The molecule has 1 amide bonds. The topological polar surface area (TPSA) is 81.5 Å². The van der Waals surface area contributed by atoms with Gasteiger partial charge in [-0.15, -0.1) is 0 Å². The first-order valence-corrected chi connectivity index (χ1v) is 11.5. The Labute approximate surface area is 164 Å². The van der Waals surface area contributed by atoms with E-state index in [4.69, 9.17) is 9.84 Å². The highest BCUT2D eigenvalue weighted by molar-refractivity contribution is 7.90. The van der Waals surface area contributed by atoms with Gasteiger partial charge in [0, 0.05) is 24.2 Å². The minimum atomic E-state index is -3.50. The average molecular weight is 401 g/mol. The molecular weight excluding hydrogens is 378 g/mol. The molecule has 148 valence electrons. The Balaban J connectivity index is 1.70. The Morgan fingerprint density at radius 1 is 1.11 bits per heavy atom. The second-order valence-corrected chi connectivity index (χ2v) is 9.68. The molecule has 0 bridgehead atoms. The number of sulfone groups is 1. The molecule has 1 aliphatic carbocycles. The summed E-state index contributed by atoms with van der Waals surface area (Å²) in [5, 5.41) is 4.73. The third kappa shape index (κ3) is 2.78. The van der Waals surface area contributed by atoms with Crippen molar-refractivity contribution in [2.24, 2.45) is 0 Å². The van der Waals surface area contributed by atoms with Crippen LogP contribution in [-0.4, -0.2) is 55.3 Å². The maximum Gasteiger partial charge on any atom is 0.274 e. The van der Waals surface area contributed by atoms with Crippen molar-refractivity contribution in [3.05, 3.63) is 35.5 Å². The fourth-order valence-electron chi connectivity index (χ4n) is 4.59. The van der Waals surface area contributed by atoms with Gasteiger partial charge < -0.3 is 9.64 Å². The summed E-state index contributed by atoms with van der Waals surface area (Å²) >= 11 is 0. The average Bonchev–Trinajstić information content (AvgIpc) is 3.36. The molecule has 2 aromatic rings. The molecule has 2 aliphatic heterocycles. The number of morpholine rings is 1. The van der Waals surface area contributed by atoms with Crippen molar-refractivity contribution in [3.63, 3.8) is 0 Å². The summed E-state index contributed by atoms with van der Waals surface area (Å²) in [4.78, 5) is 15.3. The summed E-state index contributed by atoms with van der Waals surface area (Å²) in [6.45, 7) is 2.01. The molecule has 0 radical (unpaired) electrons. The van der Waals surface area contributed by atoms with Crippen molar-refractivity contribution in [2.45, 2.75) is 42.4 Å². The van der Waals surface area contributed by atoms with Crippen LogP contribution in [-0.2, 0) is 20.3 Å². The Morgan fingerprint density at radius 2 is 1.82 bits per heavy atom. The lowest BCUT2D eigenvalue weighted by Gasteiger charge is -2.26. The Hall–Kier alpha value is -2.19. The van der Waals surface area contributed by atoms with Crippen molar-refractivity contribution in [3.8, 4) is 11.3 Å². The van der Waals surface area contributed by atoms with Crippen LogP contribution in [0.5, 0.6) is 0 Å². The third-order valence-electron chi connectivity index (χ3n) is 5.99. The highest BCUT2D eigenvalue weighted by Gasteiger charge is 2.38. The van der Waals surface area contributed by atoms with E-state index in [1.807, 2.05) is 16.8 Å². The number of aromatic nitrogens is 2. The molecular formula is C20H23N3O4S. The largest absolute Gasteiger partial charge is 0.378 e. The molecule has 0 unspecified atom stereocenters. The van der Waals surface area contributed by atoms with E-state index >= 15 is 0 Å². The first-order chi connectivity index (χ1) is 13.6. The molecule has 0 spiro atoms. The van der Waals surface area contributed by atoms with Gasteiger partial charge in [-0.3, -0.25) is 9.48 Å². The molecule has 7 nitrogen and oxygen atoms in total. The lowest BCUT2D eigenvalue weighted by atomic mass is 10.0. The van der Waals surface area contributed by atoms with E-state index in [1.54, 1.807) is 17.0 Å². The van der Waals surface area contributed by atoms with Crippen LogP contribution in [0.4, 0.5) is 0 Å². The van der Waals surface area contributed by atoms with Gasteiger partial charge in [-0.05, 0) is 18.9 Å². The normalized spacial score (nSPS) is 21.4. The van der Waals surface area contributed by atoms with Crippen molar-refractivity contribution in [2.75, 3.05) is 26.3 Å². The molecule has 0 N–H and O–H groups in total. The number of hydrogen-bond acceptors (Lipinski definition) is 5. The van der Waals surface area contributed by atoms with Gasteiger partial charge >= 0.3 is 0 Å². The zero-order valence-corrected chi connectivity index (χ0v) is 16.5. The van der Waals surface area contributed by atoms with Gasteiger partial charge in [0.1, 0.15) is 0 Å². The Bertz CT molecular complexity index is 1030. The second kappa shape index (κ2) is 6.70. The lowest BCUT2D eigenvalue weighted by Crippen LogP contribution is -2.41. The van der Waals surface area contributed by atoms with Crippen LogP contribution in [0.2, 0.25) is 0 Å². The van der Waals surface area contributed by atoms with Gasteiger partial charge in [0.25, 0.3) is 5.91 Å². The SMILES string of the molecule is O=C(c1nn(C2CCCC2)c2c1CS(=O)(=O)c1ccccc1-2)N1CCOCC1. The summed E-state index contributed by atoms with van der Waals surface area (Å²) in [5.74, 6) is -0.358. The maximum absolute atomic E-state index is 13.2. The zero-order valence-electron chi connectivity index (χ0n) is 15.6. The molecule has 1 aromatic heterocycles. The van der Waals surface area contributed by atoms with Crippen molar-refractivity contribution >= 4 is 15.7 Å². The van der Waals surface area contributed by atoms with Crippen LogP contribution in [0, 0.1) is 0 Å². The molecule has 0 atom stereocenters. The molecule has 1 saturated carbocycles. The predicted molar refractivity (Wildman–Crippen MR) is 103 cm³/mol. The molecule has 2 fully saturated rings. The summed E-state index contributed by atoms with van der Waals surface area (Å²) in [7, 11) is -3.50.